The lowest BCUT2D eigenvalue weighted by atomic mass is 10.0. The Morgan fingerprint density at radius 2 is 1.19 bits per heavy atom. The minimum Gasteiger partial charge on any atom is -0.507 e. The minimum atomic E-state index is -0.627. The van der Waals surface area contributed by atoms with Gasteiger partial charge in [-0.05, 0) is 144 Å². The summed E-state index contributed by atoms with van der Waals surface area (Å²) in [6.07, 6.45) is 8.07. The van der Waals surface area contributed by atoms with Gasteiger partial charge in [-0.25, -0.2) is 4.79 Å². The van der Waals surface area contributed by atoms with Crippen LogP contribution in [0.25, 0.3) is 22.5 Å². The summed E-state index contributed by atoms with van der Waals surface area (Å²) in [5.41, 5.74) is 5.73. The molecule has 16 heteroatoms. The number of hydrogen-bond acceptors (Lipinski definition) is 9. The second kappa shape index (κ2) is 21.8. The van der Waals surface area contributed by atoms with Crippen LogP contribution in [-0.2, 0) is 14.3 Å². The number of halogens is 2. The van der Waals surface area contributed by atoms with Crippen LogP contribution < -0.4 is 16.0 Å². The van der Waals surface area contributed by atoms with E-state index in [2.05, 4.69) is 60.0 Å². The Morgan fingerprint density at radius 3 is 1.69 bits per heavy atom. The molecule has 7 N–H and O–H groups in total. The zero-order valence-corrected chi connectivity index (χ0v) is 38.7. The van der Waals surface area contributed by atoms with E-state index in [1.165, 1.54) is 17.0 Å². The number of nitrogens with one attached hydrogen (secondary N) is 5. The quantitative estimate of drug-likeness (QED) is 0.0796. The molecular formula is C51H50Cl2N8O6. The lowest BCUT2D eigenvalue weighted by molar-refractivity contribution is -0.122. The number of carbonyl (C=O) groups is 3. The van der Waals surface area contributed by atoms with Crippen molar-refractivity contribution in [2.45, 2.75) is 77.0 Å². The van der Waals surface area contributed by atoms with Gasteiger partial charge in [0.25, 0.3) is 0 Å². The topological polar surface area (TPSA) is 198 Å². The van der Waals surface area contributed by atoms with Gasteiger partial charge in [-0.1, -0.05) is 53.3 Å². The van der Waals surface area contributed by atoms with Crippen LogP contribution in [0.2, 0.25) is 10.0 Å². The van der Waals surface area contributed by atoms with E-state index < -0.39 is 17.7 Å². The number of phenols is 2. The maximum atomic E-state index is 13.0. The summed E-state index contributed by atoms with van der Waals surface area (Å²) in [5, 5.41) is 44.2. The fourth-order valence-corrected chi connectivity index (χ4v) is 7.76. The van der Waals surface area contributed by atoms with Gasteiger partial charge in [-0.2, -0.15) is 10.2 Å². The smallest absolute Gasteiger partial charge is 0.410 e. The van der Waals surface area contributed by atoms with E-state index in [-0.39, 0.29) is 29.4 Å². The average molecular weight is 942 g/mol. The van der Waals surface area contributed by atoms with Crippen LogP contribution in [0.3, 0.4) is 0 Å². The molecule has 0 aliphatic carbocycles. The number of phenolic OH excluding ortho intramolecular Hbond substituents is 2. The standard InChI is InChI=1S/C28H29ClN4O4.C23H21ClN4O2/c1-28(2,3)37-27(36)33-15-5-4-6-23(33)26(35)31-21-12-8-18(9-13-21)7-10-19-17-30-32-25(19)22-16-20(29)11-14-24(22)34;24-17-8-11-21(29)19(13-17)22-16(14-26-28-22)7-4-15-5-9-18(10-6-15)27-23(30)20-3-1-2-12-25-20/h8-9,11-14,16-17,23,34H,4-6,15H2,1-3H3,(H,30,32)(H,31,35);5-6,8-11,13-14,20,25,29H,1-3,12H2,(H,26,28)(H,27,30)/t23-;20-/m00/s1. The SMILES string of the molecule is CC(C)(C)OC(=O)N1CCCC[C@H]1C(=O)Nc1ccc(C#Cc2cn[nH]c2-c2cc(Cl)ccc2O)cc1.O=C(Nc1ccc(C#Cc2cn[nH]c2-c2cc(Cl)ccc2O)cc1)[C@@H]1CCCCN1. The Balaban J connectivity index is 0.000000203. The monoisotopic (exact) mass is 940 g/mol. The molecule has 14 nitrogen and oxygen atoms in total. The number of aromatic hydroxyl groups is 2. The minimum absolute atomic E-state index is 0.00194. The van der Waals surface area contributed by atoms with E-state index in [9.17, 15) is 24.6 Å². The van der Waals surface area contributed by atoms with Gasteiger partial charge in [-0.15, -0.1) is 0 Å². The van der Waals surface area contributed by atoms with Crippen LogP contribution in [0.5, 0.6) is 11.5 Å². The third-order valence-electron chi connectivity index (χ3n) is 10.8. The van der Waals surface area contributed by atoms with Gasteiger partial charge in [0.1, 0.15) is 23.1 Å². The first-order valence-electron chi connectivity index (χ1n) is 21.8. The van der Waals surface area contributed by atoms with Gasteiger partial charge in [0, 0.05) is 50.2 Å². The van der Waals surface area contributed by atoms with Crippen LogP contribution in [0, 0.1) is 23.7 Å². The Morgan fingerprint density at radius 1 is 0.687 bits per heavy atom. The molecule has 0 unspecified atom stereocenters. The van der Waals surface area contributed by atoms with Crippen molar-refractivity contribution in [1.82, 2.24) is 30.6 Å². The number of ether oxygens (including phenoxy) is 1. The van der Waals surface area contributed by atoms with E-state index in [0.29, 0.717) is 62.3 Å². The molecule has 0 bridgehead atoms. The number of carbonyl (C=O) groups excluding carboxylic acids is 3. The van der Waals surface area contributed by atoms with Crippen LogP contribution in [0.15, 0.2) is 97.3 Å². The molecule has 2 fully saturated rings. The number of nitrogens with zero attached hydrogens (tertiary/aromatic N) is 3. The molecule has 0 spiro atoms. The molecule has 2 atom stereocenters. The molecule has 2 aliphatic rings. The molecule has 4 aromatic carbocycles. The molecule has 6 aromatic rings. The molecule has 2 saturated heterocycles. The predicted octanol–water partition coefficient (Wildman–Crippen LogP) is 9.48. The number of anilines is 2. The summed E-state index contributed by atoms with van der Waals surface area (Å²) >= 11 is 12.1. The average Bonchev–Trinajstić information content (AvgIpc) is 4.00. The van der Waals surface area contributed by atoms with Crippen molar-refractivity contribution in [3.8, 4) is 57.7 Å². The normalized spacial score (nSPS) is 15.6. The number of aromatic amines is 2. The van der Waals surface area contributed by atoms with Crippen LogP contribution in [0.4, 0.5) is 16.2 Å². The molecule has 4 heterocycles. The lowest BCUT2D eigenvalue weighted by Crippen LogP contribution is -2.51. The Hall–Kier alpha value is -7.23. The lowest BCUT2D eigenvalue weighted by Gasteiger charge is -2.35. The Kier molecular flexibility index (Phi) is 15.6. The molecule has 67 heavy (non-hydrogen) atoms. The molecule has 2 aromatic heterocycles. The largest absolute Gasteiger partial charge is 0.507 e. The summed E-state index contributed by atoms with van der Waals surface area (Å²) in [5.74, 6) is 12.2. The van der Waals surface area contributed by atoms with E-state index in [0.717, 1.165) is 55.5 Å². The van der Waals surface area contributed by atoms with Gasteiger partial charge in [0.15, 0.2) is 0 Å². The van der Waals surface area contributed by atoms with Gasteiger partial charge in [-0.3, -0.25) is 24.7 Å². The fourth-order valence-electron chi connectivity index (χ4n) is 7.42. The Bertz CT molecular complexity index is 2840. The van der Waals surface area contributed by atoms with Crippen LogP contribution in [0.1, 0.15) is 81.5 Å². The highest BCUT2D eigenvalue weighted by Gasteiger charge is 2.35. The van der Waals surface area contributed by atoms with E-state index in [1.54, 1.807) is 60.9 Å². The van der Waals surface area contributed by atoms with Crippen molar-refractivity contribution in [3.05, 3.63) is 130 Å². The number of benzene rings is 4. The zero-order valence-electron chi connectivity index (χ0n) is 37.2. The first kappa shape index (κ1) is 47.7. The third-order valence-corrected chi connectivity index (χ3v) is 11.3. The van der Waals surface area contributed by atoms with E-state index in [1.807, 2.05) is 45.0 Å². The molecule has 0 saturated carbocycles. The summed E-state index contributed by atoms with van der Waals surface area (Å²) in [6.45, 7) is 6.80. The Labute approximate surface area is 398 Å². The third kappa shape index (κ3) is 13.0. The van der Waals surface area contributed by atoms with Crippen molar-refractivity contribution < 1.29 is 29.3 Å². The van der Waals surface area contributed by atoms with Crippen molar-refractivity contribution in [2.75, 3.05) is 23.7 Å². The summed E-state index contributed by atoms with van der Waals surface area (Å²) in [7, 11) is 0. The number of H-pyrrole nitrogens is 2. The molecule has 0 radical (unpaired) electrons. The molecule has 344 valence electrons. The van der Waals surface area contributed by atoms with Crippen LogP contribution in [-0.4, -0.2) is 84.2 Å². The van der Waals surface area contributed by atoms with Crippen LogP contribution >= 0.6 is 23.2 Å². The first-order chi connectivity index (χ1) is 32.2. The second-order valence-electron chi connectivity index (χ2n) is 17.0. The van der Waals surface area contributed by atoms with Crippen molar-refractivity contribution >= 4 is 52.5 Å². The van der Waals surface area contributed by atoms with Gasteiger partial charge in [0.05, 0.1) is 41.0 Å². The summed E-state index contributed by atoms with van der Waals surface area (Å²) < 4.78 is 5.49. The number of likely N-dealkylation sites (tertiary alicyclic amines) is 1. The highest BCUT2D eigenvalue weighted by molar-refractivity contribution is 6.31. The highest BCUT2D eigenvalue weighted by atomic mass is 35.5. The molecule has 2 aliphatic heterocycles. The fraction of sp³-hybridized carbons (Fsp3) is 0.275. The summed E-state index contributed by atoms with van der Waals surface area (Å²) in [6, 6.07) is 23.4. The number of amides is 3. The maximum Gasteiger partial charge on any atom is 0.410 e. The zero-order chi connectivity index (χ0) is 47.5. The second-order valence-corrected chi connectivity index (χ2v) is 17.8. The maximum absolute atomic E-state index is 13.0. The van der Waals surface area contributed by atoms with E-state index >= 15 is 0 Å². The number of aromatic nitrogens is 4. The first-order valence-corrected chi connectivity index (χ1v) is 22.6. The van der Waals surface area contributed by atoms with Crippen molar-refractivity contribution in [2.24, 2.45) is 0 Å². The van der Waals surface area contributed by atoms with Gasteiger partial charge < -0.3 is 30.9 Å². The predicted molar refractivity (Wildman–Crippen MR) is 260 cm³/mol. The number of rotatable bonds is 6. The molecule has 8 rings (SSSR count). The summed E-state index contributed by atoms with van der Waals surface area (Å²) in [4.78, 5) is 39.5. The molecule has 3 amide bonds. The number of hydrogen-bond donors (Lipinski definition) is 7. The van der Waals surface area contributed by atoms with E-state index in [4.69, 9.17) is 27.9 Å². The highest BCUT2D eigenvalue weighted by Crippen LogP contribution is 2.33. The van der Waals surface area contributed by atoms with Crippen molar-refractivity contribution in [3.63, 3.8) is 0 Å². The van der Waals surface area contributed by atoms with Gasteiger partial charge >= 0.3 is 6.09 Å². The molecular weight excluding hydrogens is 892 g/mol. The van der Waals surface area contributed by atoms with Crippen molar-refractivity contribution in [1.29, 1.82) is 0 Å². The van der Waals surface area contributed by atoms with Gasteiger partial charge in [0.2, 0.25) is 11.8 Å². The number of piperidine rings is 2.